The van der Waals surface area contributed by atoms with E-state index in [0.29, 0.717) is 6.04 Å². The van der Waals surface area contributed by atoms with Crippen molar-refractivity contribution in [2.45, 2.75) is 51.6 Å². The zero-order valence-electron chi connectivity index (χ0n) is 11.8. The van der Waals surface area contributed by atoms with Gasteiger partial charge in [0.1, 0.15) is 0 Å². The number of para-hydroxylation sites is 1. The maximum Gasteiger partial charge on any atom is 0.244 e. The Morgan fingerprint density at radius 1 is 1.16 bits per heavy atom. The van der Waals surface area contributed by atoms with Gasteiger partial charge >= 0.3 is 0 Å². The molecule has 2 fully saturated rings. The quantitative estimate of drug-likeness (QED) is 0.903. The number of aryl methyl sites for hydroxylation is 2. The van der Waals surface area contributed by atoms with Gasteiger partial charge in [0.2, 0.25) is 5.91 Å². The highest BCUT2D eigenvalue weighted by atomic mass is 16.2. The predicted molar refractivity (Wildman–Crippen MR) is 77.4 cm³/mol. The van der Waals surface area contributed by atoms with E-state index in [4.69, 9.17) is 0 Å². The van der Waals surface area contributed by atoms with Crippen LogP contribution < -0.4 is 10.2 Å². The summed E-state index contributed by atoms with van der Waals surface area (Å²) in [6.07, 6.45) is 4.53. The fraction of sp³-hybridized carbons (Fsp3) is 0.562. The number of amides is 1. The SMILES string of the molecule is Cc1cccc(C)c1N1CCCC(NC2CC2)C1=O. The smallest absolute Gasteiger partial charge is 0.244 e. The first kappa shape index (κ1) is 12.7. The fourth-order valence-corrected chi connectivity index (χ4v) is 3.02. The first-order chi connectivity index (χ1) is 9.16. The van der Waals surface area contributed by atoms with E-state index in [1.165, 1.54) is 24.0 Å². The molecule has 3 nitrogen and oxygen atoms in total. The third-order valence-corrected chi connectivity index (χ3v) is 4.16. The Morgan fingerprint density at radius 3 is 2.47 bits per heavy atom. The number of piperidine rings is 1. The van der Waals surface area contributed by atoms with E-state index >= 15 is 0 Å². The molecule has 1 heterocycles. The summed E-state index contributed by atoms with van der Waals surface area (Å²) in [7, 11) is 0. The van der Waals surface area contributed by atoms with E-state index in [-0.39, 0.29) is 11.9 Å². The Hall–Kier alpha value is -1.35. The number of hydrogen-bond acceptors (Lipinski definition) is 2. The largest absolute Gasteiger partial charge is 0.311 e. The van der Waals surface area contributed by atoms with Crippen molar-refractivity contribution < 1.29 is 4.79 Å². The highest BCUT2D eigenvalue weighted by Crippen LogP contribution is 2.29. The van der Waals surface area contributed by atoms with Crippen molar-refractivity contribution >= 4 is 11.6 Å². The van der Waals surface area contributed by atoms with Crippen LogP contribution in [0.15, 0.2) is 18.2 Å². The predicted octanol–water partition coefficient (Wildman–Crippen LogP) is 2.55. The van der Waals surface area contributed by atoms with Crippen LogP contribution in [0.25, 0.3) is 0 Å². The number of nitrogens with one attached hydrogen (secondary N) is 1. The monoisotopic (exact) mass is 258 g/mol. The van der Waals surface area contributed by atoms with Crippen LogP contribution >= 0.6 is 0 Å². The van der Waals surface area contributed by atoms with Gasteiger partial charge in [-0.3, -0.25) is 4.79 Å². The van der Waals surface area contributed by atoms with Crippen LogP contribution in [0.2, 0.25) is 0 Å². The van der Waals surface area contributed by atoms with E-state index in [9.17, 15) is 4.79 Å². The van der Waals surface area contributed by atoms with Gasteiger partial charge in [-0.05, 0) is 50.7 Å². The van der Waals surface area contributed by atoms with Crippen LogP contribution in [-0.2, 0) is 4.79 Å². The number of carbonyl (C=O) groups is 1. The van der Waals surface area contributed by atoms with Gasteiger partial charge in [0.25, 0.3) is 0 Å². The van der Waals surface area contributed by atoms with Crippen LogP contribution in [0.1, 0.15) is 36.8 Å². The van der Waals surface area contributed by atoms with Gasteiger partial charge in [-0.15, -0.1) is 0 Å². The number of carbonyl (C=O) groups excluding carboxylic acids is 1. The Bertz CT molecular complexity index is 473. The molecule has 1 unspecified atom stereocenters. The number of hydrogen-bond donors (Lipinski definition) is 1. The minimum Gasteiger partial charge on any atom is -0.311 e. The van der Waals surface area contributed by atoms with Gasteiger partial charge in [-0.2, -0.15) is 0 Å². The van der Waals surface area contributed by atoms with Gasteiger partial charge in [0, 0.05) is 18.3 Å². The average molecular weight is 258 g/mol. The lowest BCUT2D eigenvalue weighted by Crippen LogP contribution is -2.51. The molecule has 1 amide bonds. The Morgan fingerprint density at radius 2 is 1.84 bits per heavy atom. The third kappa shape index (κ3) is 2.52. The van der Waals surface area contributed by atoms with E-state index in [1.807, 2.05) is 4.90 Å². The molecule has 1 aromatic carbocycles. The second-order valence-electron chi connectivity index (χ2n) is 5.87. The van der Waals surface area contributed by atoms with Crippen LogP contribution in [0.5, 0.6) is 0 Å². The number of anilines is 1. The van der Waals surface area contributed by atoms with Gasteiger partial charge in [0.15, 0.2) is 0 Å². The Labute approximate surface area is 115 Å². The molecule has 19 heavy (non-hydrogen) atoms. The van der Waals surface area contributed by atoms with Crippen LogP contribution in [0.3, 0.4) is 0 Å². The summed E-state index contributed by atoms with van der Waals surface area (Å²) in [4.78, 5) is 14.7. The van der Waals surface area contributed by atoms with Crippen molar-refractivity contribution in [3.05, 3.63) is 29.3 Å². The highest BCUT2D eigenvalue weighted by molar-refractivity contribution is 5.99. The van der Waals surface area contributed by atoms with Crippen molar-refractivity contribution in [3.63, 3.8) is 0 Å². The molecule has 1 saturated carbocycles. The molecule has 102 valence electrons. The zero-order valence-corrected chi connectivity index (χ0v) is 11.8. The second kappa shape index (κ2) is 4.97. The molecule has 1 aliphatic heterocycles. The molecule has 0 aromatic heterocycles. The molecule has 1 atom stereocenters. The lowest BCUT2D eigenvalue weighted by molar-refractivity contribution is -0.121. The molecule has 1 aromatic rings. The minimum atomic E-state index is 0.0280. The van der Waals surface area contributed by atoms with Crippen molar-refractivity contribution in [2.24, 2.45) is 0 Å². The molecule has 0 radical (unpaired) electrons. The van der Waals surface area contributed by atoms with Crippen molar-refractivity contribution in [3.8, 4) is 0 Å². The topological polar surface area (TPSA) is 32.3 Å². The van der Waals surface area contributed by atoms with Crippen molar-refractivity contribution in [2.75, 3.05) is 11.4 Å². The molecular formula is C16H22N2O. The van der Waals surface area contributed by atoms with Gasteiger partial charge in [-0.1, -0.05) is 18.2 Å². The van der Waals surface area contributed by atoms with Crippen LogP contribution in [0, 0.1) is 13.8 Å². The van der Waals surface area contributed by atoms with E-state index in [0.717, 1.165) is 25.1 Å². The lowest BCUT2D eigenvalue weighted by Gasteiger charge is -2.34. The number of benzene rings is 1. The summed E-state index contributed by atoms with van der Waals surface area (Å²) in [6.45, 7) is 5.04. The lowest BCUT2D eigenvalue weighted by atomic mass is 10.0. The number of nitrogens with zero attached hydrogens (tertiary/aromatic N) is 1. The highest BCUT2D eigenvalue weighted by Gasteiger charge is 2.34. The zero-order chi connectivity index (χ0) is 13.4. The van der Waals surface area contributed by atoms with Crippen molar-refractivity contribution in [1.29, 1.82) is 0 Å². The Balaban J connectivity index is 1.84. The summed E-state index contributed by atoms with van der Waals surface area (Å²) in [5.74, 6) is 0.260. The first-order valence-electron chi connectivity index (χ1n) is 7.30. The molecule has 0 spiro atoms. The van der Waals surface area contributed by atoms with E-state index in [1.54, 1.807) is 0 Å². The maximum absolute atomic E-state index is 12.7. The van der Waals surface area contributed by atoms with E-state index < -0.39 is 0 Å². The fourth-order valence-electron chi connectivity index (χ4n) is 3.02. The molecule has 3 rings (SSSR count). The van der Waals surface area contributed by atoms with E-state index in [2.05, 4.69) is 37.4 Å². The molecular weight excluding hydrogens is 236 g/mol. The Kier molecular flexibility index (Phi) is 3.31. The minimum absolute atomic E-state index is 0.0280. The molecule has 0 bridgehead atoms. The van der Waals surface area contributed by atoms with Crippen molar-refractivity contribution in [1.82, 2.24) is 5.32 Å². The summed E-state index contributed by atoms with van der Waals surface area (Å²) in [5.41, 5.74) is 3.51. The molecule has 3 heteroatoms. The molecule has 1 N–H and O–H groups in total. The average Bonchev–Trinajstić information content (AvgIpc) is 3.17. The number of rotatable bonds is 3. The normalized spacial score (nSPS) is 23.8. The summed E-state index contributed by atoms with van der Waals surface area (Å²) in [6, 6.07) is 6.86. The molecule has 1 saturated heterocycles. The maximum atomic E-state index is 12.7. The summed E-state index contributed by atoms with van der Waals surface area (Å²) >= 11 is 0. The third-order valence-electron chi connectivity index (χ3n) is 4.16. The van der Waals surface area contributed by atoms with Gasteiger partial charge in [-0.25, -0.2) is 0 Å². The summed E-state index contributed by atoms with van der Waals surface area (Å²) in [5, 5.41) is 3.49. The van der Waals surface area contributed by atoms with Crippen LogP contribution in [-0.4, -0.2) is 24.5 Å². The standard InChI is InChI=1S/C16H22N2O/c1-11-5-3-6-12(2)15(11)18-10-4-7-14(16(18)19)17-13-8-9-13/h3,5-6,13-14,17H,4,7-10H2,1-2H3. The molecule has 2 aliphatic rings. The van der Waals surface area contributed by atoms with Gasteiger partial charge in [0.05, 0.1) is 6.04 Å². The first-order valence-corrected chi connectivity index (χ1v) is 7.30. The molecule has 1 aliphatic carbocycles. The second-order valence-corrected chi connectivity index (χ2v) is 5.87. The van der Waals surface area contributed by atoms with Gasteiger partial charge < -0.3 is 10.2 Å². The summed E-state index contributed by atoms with van der Waals surface area (Å²) < 4.78 is 0. The van der Waals surface area contributed by atoms with Crippen LogP contribution in [0.4, 0.5) is 5.69 Å².